The molecule has 1 fully saturated rings. The van der Waals surface area contributed by atoms with Gasteiger partial charge < -0.3 is 15.7 Å². The highest BCUT2D eigenvalue weighted by Crippen LogP contribution is 2.15. The van der Waals surface area contributed by atoms with Gasteiger partial charge in [-0.3, -0.25) is 9.59 Å². The normalized spacial score (nSPS) is 25.1. The largest absolute Gasteiger partial charge is 0.481 e. The second-order valence-corrected chi connectivity index (χ2v) is 5.61. The predicted molar refractivity (Wildman–Crippen MR) is 69.2 cm³/mol. The Kier molecular flexibility index (Phi) is 5.59. The maximum atomic E-state index is 11.9. The lowest BCUT2D eigenvalue weighted by Gasteiger charge is -2.19. The first-order valence-corrected chi connectivity index (χ1v) is 6.65. The van der Waals surface area contributed by atoms with Crippen molar-refractivity contribution in [3.8, 4) is 0 Å². The number of hydrogen-bond acceptors (Lipinski definition) is 3. The number of carboxylic acid groups (broad SMARTS) is 1. The fraction of sp³-hybridized carbons (Fsp3) is 0.846. The summed E-state index contributed by atoms with van der Waals surface area (Å²) in [5.74, 6) is -0.776. The average Bonchev–Trinajstić information content (AvgIpc) is 2.69. The molecule has 18 heavy (non-hydrogen) atoms. The minimum Gasteiger partial charge on any atom is -0.481 e. The number of carboxylic acids is 1. The third-order valence-corrected chi connectivity index (χ3v) is 3.44. The van der Waals surface area contributed by atoms with Crippen molar-refractivity contribution in [2.45, 2.75) is 39.7 Å². The molecule has 0 spiro atoms. The van der Waals surface area contributed by atoms with Gasteiger partial charge >= 0.3 is 5.97 Å². The van der Waals surface area contributed by atoms with Crippen LogP contribution in [0.25, 0.3) is 0 Å². The molecule has 1 saturated heterocycles. The van der Waals surface area contributed by atoms with E-state index in [9.17, 15) is 9.59 Å². The van der Waals surface area contributed by atoms with E-state index < -0.39 is 11.9 Å². The van der Waals surface area contributed by atoms with Crippen molar-refractivity contribution in [2.75, 3.05) is 13.1 Å². The topological polar surface area (TPSA) is 78.4 Å². The van der Waals surface area contributed by atoms with Crippen molar-refractivity contribution in [3.63, 3.8) is 0 Å². The van der Waals surface area contributed by atoms with Gasteiger partial charge in [0.05, 0.1) is 12.0 Å². The Bertz CT molecular complexity index is 305. The van der Waals surface area contributed by atoms with Gasteiger partial charge in [-0.05, 0) is 31.2 Å². The summed E-state index contributed by atoms with van der Waals surface area (Å²) in [7, 11) is 0. The molecule has 104 valence electrons. The van der Waals surface area contributed by atoms with E-state index >= 15 is 0 Å². The molecule has 1 heterocycles. The molecule has 1 amide bonds. The van der Waals surface area contributed by atoms with Gasteiger partial charge in [0.1, 0.15) is 0 Å². The van der Waals surface area contributed by atoms with Gasteiger partial charge in [-0.25, -0.2) is 0 Å². The molecule has 5 nitrogen and oxygen atoms in total. The summed E-state index contributed by atoms with van der Waals surface area (Å²) in [5.41, 5.74) is 0. The molecule has 0 aromatic heterocycles. The van der Waals surface area contributed by atoms with Gasteiger partial charge in [0.2, 0.25) is 5.91 Å². The van der Waals surface area contributed by atoms with Crippen LogP contribution in [0, 0.1) is 17.8 Å². The summed E-state index contributed by atoms with van der Waals surface area (Å²) in [6.45, 7) is 7.08. The fourth-order valence-corrected chi connectivity index (χ4v) is 2.36. The summed E-state index contributed by atoms with van der Waals surface area (Å²) in [6.07, 6.45) is 1.58. The number of nitrogens with one attached hydrogen (secondary N) is 2. The van der Waals surface area contributed by atoms with Crippen LogP contribution in [0.2, 0.25) is 0 Å². The van der Waals surface area contributed by atoms with Crippen molar-refractivity contribution in [1.29, 1.82) is 0 Å². The van der Waals surface area contributed by atoms with Gasteiger partial charge in [0.25, 0.3) is 0 Å². The van der Waals surface area contributed by atoms with Gasteiger partial charge in [0, 0.05) is 6.54 Å². The summed E-state index contributed by atoms with van der Waals surface area (Å²) < 4.78 is 0. The molecule has 1 rings (SSSR count). The Morgan fingerprint density at radius 1 is 1.44 bits per heavy atom. The fourth-order valence-electron chi connectivity index (χ4n) is 2.36. The lowest BCUT2D eigenvalue weighted by Crippen LogP contribution is -2.45. The minimum atomic E-state index is -0.837. The summed E-state index contributed by atoms with van der Waals surface area (Å²) in [5, 5.41) is 15.0. The number of rotatable bonds is 6. The van der Waals surface area contributed by atoms with Crippen LogP contribution < -0.4 is 10.6 Å². The zero-order chi connectivity index (χ0) is 13.7. The van der Waals surface area contributed by atoms with E-state index in [4.69, 9.17) is 5.11 Å². The zero-order valence-electron chi connectivity index (χ0n) is 11.4. The van der Waals surface area contributed by atoms with Crippen LogP contribution in [0.3, 0.4) is 0 Å². The molecular weight excluding hydrogens is 232 g/mol. The van der Waals surface area contributed by atoms with Crippen LogP contribution in [-0.2, 0) is 9.59 Å². The second kappa shape index (κ2) is 6.73. The van der Waals surface area contributed by atoms with Crippen LogP contribution >= 0.6 is 0 Å². The number of carbonyl (C=O) groups is 2. The smallest absolute Gasteiger partial charge is 0.308 e. The molecule has 0 bridgehead atoms. The Labute approximate surface area is 108 Å². The molecule has 0 aliphatic carbocycles. The van der Waals surface area contributed by atoms with Crippen LogP contribution in [0.5, 0.6) is 0 Å². The molecular formula is C13H24N2O3. The molecule has 3 unspecified atom stereocenters. The monoisotopic (exact) mass is 256 g/mol. The standard InChI is InChI=1S/C13H24N2O3/c1-8(2)6-10(13(17)18)7-15-12(16)11-9(3)4-5-14-11/h8-11,14H,4-7H2,1-3H3,(H,15,16)(H,17,18). The average molecular weight is 256 g/mol. The van der Waals surface area contributed by atoms with Gasteiger partial charge in [0.15, 0.2) is 0 Å². The number of amides is 1. The molecule has 1 aliphatic heterocycles. The number of hydrogen-bond donors (Lipinski definition) is 3. The van der Waals surface area contributed by atoms with E-state index in [1.54, 1.807) is 0 Å². The van der Waals surface area contributed by atoms with Gasteiger partial charge in [-0.2, -0.15) is 0 Å². The molecule has 1 aliphatic rings. The summed E-state index contributed by atoms with van der Waals surface area (Å²) in [6, 6.07) is -0.168. The van der Waals surface area contributed by atoms with E-state index in [0.29, 0.717) is 18.3 Å². The third kappa shape index (κ3) is 4.29. The first-order chi connectivity index (χ1) is 8.41. The highest BCUT2D eigenvalue weighted by atomic mass is 16.4. The zero-order valence-corrected chi connectivity index (χ0v) is 11.4. The Balaban J connectivity index is 2.41. The lowest BCUT2D eigenvalue weighted by molar-refractivity contribution is -0.142. The van der Waals surface area contributed by atoms with Crippen molar-refractivity contribution >= 4 is 11.9 Å². The van der Waals surface area contributed by atoms with E-state index in [1.165, 1.54) is 0 Å². The molecule has 5 heteroatoms. The van der Waals surface area contributed by atoms with Crippen LogP contribution in [0.15, 0.2) is 0 Å². The molecule has 0 saturated carbocycles. The highest BCUT2D eigenvalue weighted by molar-refractivity contribution is 5.83. The second-order valence-electron chi connectivity index (χ2n) is 5.61. The van der Waals surface area contributed by atoms with Crippen molar-refractivity contribution in [3.05, 3.63) is 0 Å². The van der Waals surface area contributed by atoms with Crippen molar-refractivity contribution in [2.24, 2.45) is 17.8 Å². The minimum absolute atomic E-state index is 0.0741. The van der Waals surface area contributed by atoms with E-state index in [0.717, 1.165) is 13.0 Å². The lowest BCUT2D eigenvalue weighted by atomic mass is 9.96. The summed E-state index contributed by atoms with van der Waals surface area (Å²) >= 11 is 0. The first kappa shape index (κ1) is 15.0. The molecule has 0 aromatic carbocycles. The maximum Gasteiger partial charge on any atom is 0.308 e. The summed E-state index contributed by atoms with van der Waals surface area (Å²) in [4.78, 5) is 23.0. The highest BCUT2D eigenvalue weighted by Gasteiger charge is 2.30. The van der Waals surface area contributed by atoms with E-state index in [2.05, 4.69) is 10.6 Å². The molecule has 0 radical (unpaired) electrons. The van der Waals surface area contributed by atoms with Gasteiger partial charge in [-0.1, -0.05) is 20.8 Å². The third-order valence-electron chi connectivity index (χ3n) is 3.44. The van der Waals surface area contributed by atoms with Crippen LogP contribution in [-0.4, -0.2) is 36.1 Å². The SMILES string of the molecule is CC(C)CC(CNC(=O)C1NCCC1C)C(=O)O. The number of aliphatic carboxylic acids is 1. The van der Waals surface area contributed by atoms with Crippen molar-refractivity contribution in [1.82, 2.24) is 10.6 Å². The van der Waals surface area contributed by atoms with E-state index in [1.807, 2.05) is 20.8 Å². The maximum absolute atomic E-state index is 11.9. The molecule has 0 aromatic rings. The first-order valence-electron chi connectivity index (χ1n) is 6.65. The Morgan fingerprint density at radius 3 is 2.56 bits per heavy atom. The van der Waals surface area contributed by atoms with Crippen LogP contribution in [0.1, 0.15) is 33.6 Å². The number of carbonyl (C=O) groups excluding carboxylic acids is 1. The van der Waals surface area contributed by atoms with Crippen LogP contribution in [0.4, 0.5) is 0 Å². The Hall–Kier alpha value is -1.10. The molecule has 3 atom stereocenters. The van der Waals surface area contributed by atoms with Crippen molar-refractivity contribution < 1.29 is 14.7 Å². The van der Waals surface area contributed by atoms with Gasteiger partial charge in [-0.15, -0.1) is 0 Å². The molecule has 3 N–H and O–H groups in total. The quantitative estimate of drug-likeness (QED) is 0.658. The Morgan fingerprint density at radius 2 is 2.11 bits per heavy atom. The predicted octanol–water partition coefficient (Wildman–Crippen LogP) is 0.847. The van der Waals surface area contributed by atoms with E-state index in [-0.39, 0.29) is 18.5 Å².